The zero-order chi connectivity index (χ0) is 15.5. The average Bonchev–Trinajstić information content (AvgIpc) is 2.31. The van der Waals surface area contributed by atoms with Crippen LogP contribution < -0.4 is 11.5 Å². The highest BCUT2D eigenvalue weighted by molar-refractivity contribution is 5.57. The molecule has 1 atom stereocenters. The second kappa shape index (κ2) is 6.62. The van der Waals surface area contributed by atoms with Crippen LogP contribution in [-0.2, 0) is 5.41 Å². The van der Waals surface area contributed by atoms with Crippen LogP contribution in [0.25, 0.3) is 0 Å². The van der Waals surface area contributed by atoms with Crippen molar-refractivity contribution in [2.24, 2.45) is 5.73 Å². The molecule has 0 saturated heterocycles. The Morgan fingerprint density at radius 1 is 1.15 bits per heavy atom. The Morgan fingerprint density at radius 2 is 1.75 bits per heavy atom. The first-order valence-corrected chi connectivity index (χ1v) is 7.81. The number of rotatable bonds is 6. The molecule has 0 aliphatic heterocycles. The summed E-state index contributed by atoms with van der Waals surface area (Å²) >= 11 is 0. The molecule has 20 heavy (non-hydrogen) atoms. The van der Waals surface area contributed by atoms with Crippen LogP contribution in [0.2, 0.25) is 0 Å². The maximum atomic E-state index is 6.22. The first-order chi connectivity index (χ1) is 9.15. The number of nitrogen functional groups attached to an aromatic ring is 1. The van der Waals surface area contributed by atoms with Gasteiger partial charge in [-0.05, 0) is 54.7 Å². The van der Waals surface area contributed by atoms with Crippen molar-refractivity contribution < 1.29 is 0 Å². The molecule has 0 aliphatic carbocycles. The molecule has 0 aliphatic rings. The number of benzene rings is 1. The Morgan fingerprint density at radius 3 is 2.25 bits per heavy atom. The van der Waals surface area contributed by atoms with Gasteiger partial charge in [0.05, 0.1) is 0 Å². The monoisotopic (exact) mass is 276 g/mol. The molecule has 0 fully saturated rings. The molecule has 2 nitrogen and oxygen atoms in total. The molecule has 0 amide bonds. The van der Waals surface area contributed by atoms with E-state index < -0.39 is 0 Å². The van der Waals surface area contributed by atoms with E-state index in [0.717, 1.165) is 18.5 Å². The van der Waals surface area contributed by atoms with E-state index >= 15 is 0 Å². The van der Waals surface area contributed by atoms with Crippen molar-refractivity contribution in [3.05, 3.63) is 28.8 Å². The highest BCUT2D eigenvalue weighted by atomic mass is 14.6. The molecule has 1 aromatic carbocycles. The van der Waals surface area contributed by atoms with Gasteiger partial charge in [-0.25, -0.2) is 0 Å². The first-order valence-electron chi connectivity index (χ1n) is 7.81. The van der Waals surface area contributed by atoms with Gasteiger partial charge in [-0.1, -0.05) is 46.2 Å². The van der Waals surface area contributed by atoms with Crippen LogP contribution in [0, 0.1) is 6.92 Å². The van der Waals surface area contributed by atoms with Crippen molar-refractivity contribution in [1.82, 2.24) is 0 Å². The predicted molar refractivity (Wildman–Crippen MR) is 90.2 cm³/mol. The molecule has 4 N–H and O–H groups in total. The summed E-state index contributed by atoms with van der Waals surface area (Å²) in [5.41, 5.74) is 17.1. The smallest absolute Gasteiger partial charge is 0.0379 e. The van der Waals surface area contributed by atoms with Crippen LogP contribution in [0.3, 0.4) is 0 Å². The Bertz CT molecular complexity index is 445. The standard InChI is InChI=1S/C18H32N2/c1-12(2)16-11-15(10-13(3)17(16)20)18(5,6)9-7-8-14(4)19/h10-12,14H,7-9,19-20H2,1-6H3. The lowest BCUT2D eigenvalue weighted by molar-refractivity contribution is 0.439. The third kappa shape index (κ3) is 4.24. The molecule has 0 heterocycles. The van der Waals surface area contributed by atoms with Gasteiger partial charge in [0.1, 0.15) is 0 Å². The van der Waals surface area contributed by atoms with Crippen molar-refractivity contribution in [1.29, 1.82) is 0 Å². The Balaban J connectivity index is 2.99. The highest BCUT2D eigenvalue weighted by Gasteiger charge is 2.22. The second-order valence-corrected chi connectivity index (χ2v) is 7.20. The molecule has 0 spiro atoms. The van der Waals surface area contributed by atoms with Crippen LogP contribution in [-0.4, -0.2) is 6.04 Å². The largest absolute Gasteiger partial charge is 0.398 e. The lowest BCUT2D eigenvalue weighted by atomic mass is 9.77. The average molecular weight is 276 g/mol. The number of aryl methyl sites for hydroxylation is 1. The van der Waals surface area contributed by atoms with Crippen molar-refractivity contribution >= 4 is 5.69 Å². The third-order valence-electron chi connectivity index (χ3n) is 4.28. The summed E-state index contributed by atoms with van der Waals surface area (Å²) in [5, 5.41) is 0. The van der Waals surface area contributed by atoms with E-state index in [0.29, 0.717) is 12.0 Å². The third-order valence-corrected chi connectivity index (χ3v) is 4.28. The maximum Gasteiger partial charge on any atom is 0.0379 e. The SMILES string of the molecule is Cc1cc(C(C)(C)CCCC(C)N)cc(C(C)C)c1N. The molecule has 0 saturated carbocycles. The van der Waals surface area contributed by atoms with Crippen LogP contribution in [0.4, 0.5) is 5.69 Å². The van der Waals surface area contributed by atoms with Crippen molar-refractivity contribution in [2.75, 3.05) is 5.73 Å². The number of anilines is 1. The molecule has 0 radical (unpaired) electrons. The summed E-state index contributed by atoms with van der Waals surface area (Å²) in [5.74, 6) is 0.466. The van der Waals surface area contributed by atoms with E-state index in [1.54, 1.807) is 0 Å². The summed E-state index contributed by atoms with van der Waals surface area (Å²) in [6.45, 7) is 13.3. The number of nitrogens with two attached hydrogens (primary N) is 2. The summed E-state index contributed by atoms with van der Waals surface area (Å²) in [6.07, 6.45) is 3.43. The molecule has 1 aromatic rings. The lowest BCUT2D eigenvalue weighted by Crippen LogP contribution is -2.21. The summed E-state index contributed by atoms with van der Waals surface area (Å²) in [6, 6.07) is 4.86. The van der Waals surface area contributed by atoms with Gasteiger partial charge in [0.25, 0.3) is 0 Å². The van der Waals surface area contributed by atoms with Crippen molar-refractivity contribution in [3.8, 4) is 0 Å². The second-order valence-electron chi connectivity index (χ2n) is 7.20. The summed E-state index contributed by atoms with van der Waals surface area (Å²) in [7, 11) is 0. The fraction of sp³-hybridized carbons (Fsp3) is 0.667. The minimum atomic E-state index is 0.178. The quantitative estimate of drug-likeness (QED) is 0.752. The summed E-state index contributed by atoms with van der Waals surface area (Å²) < 4.78 is 0. The van der Waals surface area contributed by atoms with E-state index in [1.807, 2.05) is 0 Å². The fourth-order valence-electron chi connectivity index (χ4n) is 2.70. The van der Waals surface area contributed by atoms with Gasteiger partial charge in [0.15, 0.2) is 0 Å². The van der Waals surface area contributed by atoms with Gasteiger partial charge in [0, 0.05) is 11.7 Å². The van der Waals surface area contributed by atoms with Gasteiger partial charge < -0.3 is 11.5 Å². The molecule has 114 valence electrons. The predicted octanol–water partition coefficient (Wildman–Crippen LogP) is 4.50. The van der Waals surface area contributed by atoms with E-state index in [4.69, 9.17) is 11.5 Å². The van der Waals surface area contributed by atoms with Gasteiger partial charge in [-0.2, -0.15) is 0 Å². The van der Waals surface area contributed by atoms with Crippen molar-refractivity contribution in [3.63, 3.8) is 0 Å². The van der Waals surface area contributed by atoms with Crippen LogP contribution in [0.1, 0.15) is 76.5 Å². The van der Waals surface area contributed by atoms with Crippen LogP contribution >= 0.6 is 0 Å². The van der Waals surface area contributed by atoms with E-state index in [-0.39, 0.29) is 5.41 Å². The van der Waals surface area contributed by atoms with Gasteiger partial charge in [-0.3, -0.25) is 0 Å². The molecule has 1 rings (SSSR count). The van der Waals surface area contributed by atoms with Gasteiger partial charge in [-0.15, -0.1) is 0 Å². The minimum Gasteiger partial charge on any atom is -0.398 e. The van der Waals surface area contributed by atoms with Gasteiger partial charge in [0.2, 0.25) is 0 Å². The minimum absolute atomic E-state index is 0.178. The number of hydrogen-bond donors (Lipinski definition) is 2. The Hall–Kier alpha value is -1.02. The molecular formula is C18H32N2. The van der Waals surface area contributed by atoms with E-state index in [9.17, 15) is 0 Å². The molecular weight excluding hydrogens is 244 g/mol. The molecule has 0 bridgehead atoms. The van der Waals surface area contributed by atoms with Crippen molar-refractivity contribution in [2.45, 2.75) is 78.2 Å². The fourth-order valence-corrected chi connectivity index (χ4v) is 2.70. The number of hydrogen-bond acceptors (Lipinski definition) is 2. The van der Waals surface area contributed by atoms with E-state index in [1.165, 1.54) is 23.1 Å². The highest BCUT2D eigenvalue weighted by Crippen LogP contribution is 2.35. The summed E-state index contributed by atoms with van der Waals surface area (Å²) in [4.78, 5) is 0. The molecule has 0 aromatic heterocycles. The van der Waals surface area contributed by atoms with Gasteiger partial charge >= 0.3 is 0 Å². The molecule has 1 unspecified atom stereocenters. The zero-order valence-corrected chi connectivity index (χ0v) is 14.1. The Labute approximate surface area is 124 Å². The maximum absolute atomic E-state index is 6.22. The normalized spacial score (nSPS) is 13.8. The van der Waals surface area contributed by atoms with Crippen LogP contribution in [0.5, 0.6) is 0 Å². The van der Waals surface area contributed by atoms with E-state index in [2.05, 4.69) is 53.7 Å². The first kappa shape index (κ1) is 17.0. The Kier molecular flexibility index (Phi) is 5.64. The zero-order valence-electron chi connectivity index (χ0n) is 14.1. The topological polar surface area (TPSA) is 52.0 Å². The lowest BCUT2D eigenvalue weighted by Gasteiger charge is -2.28. The van der Waals surface area contributed by atoms with Crippen LogP contribution in [0.15, 0.2) is 12.1 Å². The molecule has 2 heteroatoms.